The Morgan fingerprint density at radius 2 is 1.39 bits per heavy atom. The number of aromatic hydroxyl groups is 1. The zero-order valence-corrected chi connectivity index (χ0v) is 23.3. The van der Waals surface area contributed by atoms with Gasteiger partial charge in [0.05, 0.1) is 6.33 Å². The largest absolute Gasteiger partial charge is 0.619 e. The van der Waals surface area contributed by atoms with Crippen LogP contribution in [-0.4, -0.2) is 39.1 Å². The number of rotatable bonds is 0. The van der Waals surface area contributed by atoms with Gasteiger partial charge in [0.2, 0.25) is 5.91 Å². The van der Waals surface area contributed by atoms with Gasteiger partial charge in [-0.05, 0) is 44.9 Å². The molecule has 1 amide bonds. The van der Waals surface area contributed by atoms with Crippen LogP contribution in [0.4, 0.5) is 0 Å². The van der Waals surface area contributed by atoms with Crippen LogP contribution in [-0.2, 0) is 11.8 Å². The quantitative estimate of drug-likeness (QED) is 0.182. The molecule has 7 heteroatoms. The van der Waals surface area contributed by atoms with Gasteiger partial charge >= 0.3 is 0 Å². The monoisotopic (exact) mass is 518 g/mol. The summed E-state index contributed by atoms with van der Waals surface area (Å²) in [6, 6.07) is 20.9. The molecular weight excluding hydrogens is 476 g/mol. The summed E-state index contributed by atoms with van der Waals surface area (Å²) in [4.78, 5) is 16.0. The highest BCUT2D eigenvalue weighted by Gasteiger charge is 2.14. The number of phenolic OH excluding ortho intramolecular Hbond substituents is 1. The van der Waals surface area contributed by atoms with E-state index >= 15 is 0 Å². The Balaban J connectivity index is 0.000000444. The molecule has 1 saturated heterocycles. The summed E-state index contributed by atoms with van der Waals surface area (Å²) in [6.07, 6.45) is 10.2. The number of carbonyl (C=O) groups excluding carboxylic acids is 1. The van der Waals surface area contributed by atoms with E-state index < -0.39 is 0 Å². The Hall–Kier alpha value is -4.39. The summed E-state index contributed by atoms with van der Waals surface area (Å²) >= 11 is 0. The van der Waals surface area contributed by atoms with Crippen LogP contribution in [0, 0.1) is 26.0 Å². The molecule has 2 aromatic carbocycles. The Labute approximate surface area is 227 Å². The van der Waals surface area contributed by atoms with Gasteiger partial charge in [-0.25, -0.2) is 4.98 Å². The smallest absolute Gasteiger partial charge is 0.222 e. The van der Waals surface area contributed by atoms with Crippen LogP contribution in [0.3, 0.4) is 0 Å². The van der Waals surface area contributed by atoms with E-state index in [0.29, 0.717) is 11.7 Å². The molecule has 7 nitrogen and oxygen atoms in total. The highest BCUT2D eigenvalue weighted by Crippen LogP contribution is 2.07. The van der Waals surface area contributed by atoms with E-state index in [-0.39, 0.29) is 0 Å². The van der Waals surface area contributed by atoms with Crippen molar-refractivity contribution in [1.82, 2.24) is 14.5 Å². The van der Waals surface area contributed by atoms with Gasteiger partial charge in [0.1, 0.15) is 5.75 Å². The molecule has 1 aliphatic heterocycles. The standard InChI is InChI=1S/C7H8O.C7H8.C6H7NO.C5H9NO.C4H6N2.C2H4/c1-6-2-4-7(8)5-3-6;1-7-5-3-2-4-6-7;1-6-2-4-7(8)5-3-6;1-6-4-2-3-5(6)7;1-6-3-2-5-4-6;1-2/h2-5,8H,1H3;2-6H,1H3;2-5H,1H3;2-4H2,1H3;2-4H,1H3;1-2H2. The molecule has 0 atom stereocenters. The average molecular weight is 519 g/mol. The van der Waals surface area contributed by atoms with Crippen LogP contribution in [0.5, 0.6) is 5.75 Å². The summed E-state index contributed by atoms with van der Waals surface area (Å²) < 4.78 is 2.66. The van der Waals surface area contributed by atoms with Gasteiger partial charge < -0.3 is 19.8 Å². The van der Waals surface area contributed by atoms with Crippen molar-refractivity contribution in [1.29, 1.82) is 0 Å². The third-order valence-electron chi connectivity index (χ3n) is 4.89. The van der Waals surface area contributed by atoms with Crippen LogP contribution in [0.2, 0.25) is 0 Å². The van der Waals surface area contributed by atoms with Crippen LogP contribution in [0.25, 0.3) is 0 Å². The molecule has 0 saturated carbocycles. The molecule has 0 unspecified atom stereocenters. The minimum absolute atomic E-state index is 0.292. The second-order valence-corrected chi connectivity index (χ2v) is 8.37. The van der Waals surface area contributed by atoms with Crippen molar-refractivity contribution in [3.63, 3.8) is 0 Å². The zero-order valence-electron chi connectivity index (χ0n) is 23.3. The lowest BCUT2D eigenvalue weighted by Crippen LogP contribution is -2.23. The fourth-order valence-corrected chi connectivity index (χ4v) is 2.68. The predicted molar refractivity (Wildman–Crippen MR) is 155 cm³/mol. The summed E-state index contributed by atoms with van der Waals surface area (Å²) in [5.41, 5.74) is 3.60. The first-order valence-corrected chi connectivity index (χ1v) is 12.3. The molecule has 1 aliphatic rings. The number of carbonyl (C=O) groups is 1. The van der Waals surface area contributed by atoms with E-state index in [0.717, 1.165) is 29.7 Å². The van der Waals surface area contributed by atoms with E-state index in [1.54, 1.807) is 41.7 Å². The van der Waals surface area contributed by atoms with Gasteiger partial charge in [0.25, 0.3) is 0 Å². The van der Waals surface area contributed by atoms with E-state index in [4.69, 9.17) is 5.11 Å². The average Bonchev–Trinajstić information content (AvgIpc) is 3.56. The number of nitrogens with zero attached hydrogens (tertiary/aromatic N) is 4. The second kappa shape index (κ2) is 20.8. The highest BCUT2D eigenvalue weighted by molar-refractivity contribution is 5.77. The number of amides is 1. The predicted octanol–water partition coefficient (Wildman–Crippen LogP) is 5.78. The molecule has 1 fully saturated rings. The van der Waals surface area contributed by atoms with Crippen LogP contribution in [0.15, 0.2) is 111 Å². The fraction of sp³-hybridized carbons (Fsp3) is 0.258. The van der Waals surface area contributed by atoms with Crippen molar-refractivity contribution < 1.29 is 14.6 Å². The van der Waals surface area contributed by atoms with Crippen LogP contribution in [0.1, 0.15) is 29.5 Å². The lowest BCUT2D eigenvalue weighted by atomic mass is 10.2. The number of phenols is 1. The summed E-state index contributed by atoms with van der Waals surface area (Å²) in [7, 11) is 3.78. The summed E-state index contributed by atoms with van der Waals surface area (Å²) in [5, 5.41) is 19.1. The maximum absolute atomic E-state index is 10.5. The number of likely N-dealkylation sites (tertiary alicyclic amines) is 1. The molecule has 5 rings (SSSR count). The van der Waals surface area contributed by atoms with Crippen molar-refractivity contribution in [2.45, 2.75) is 33.6 Å². The topological polar surface area (TPSA) is 85.3 Å². The molecule has 1 N–H and O–H groups in total. The van der Waals surface area contributed by atoms with Crippen molar-refractivity contribution in [3.05, 3.63) is 133 Å². The zero-order chi connectivity index (χ0) is 28.8. The fourth-order valence-electron chi connectivity index (χ4n) is 2.68. The van der Waals surface area contributed by atoms with E-state index in [2.05, 4.69) is 37.2 Å². The molecule has 204 valence electrons. The van der Waals surface area contributed by atoms with Crippen molar-refractivity contribution in [2.24, 2.45) is 7.05 Å². The van der Waals surface area contributed by atoms with E-state index in [9.17, 15) is 10.0 Å². The van der Waals surface area contributed by atoms with Crippen LogP contribution >= 0.6 is 0 Å². The van der Waals surface area contributed by atoms with Gasteiger partial charge in [-0.15, -0.1) is 13.2 Å². The Kier molecular flexibility index (Phi) is 18.4. The number of aromatic nitrogens is 3. The number of hydrogen-bond acceptors (Lipinski definition) is 4. The van der Waals surface area contributed by atoms with E-state index in [1.807, 2.05) is 69.0 Å². The Bertz CT molecular complexity index is 1010. The van der Waals surface area contributed by atoms with E-state index in [1.165, 1.54) is 23.5 Å². The summed E-state index contributed by atoms with van der Waals surface area (Å²) in [5.74, 6) is 0.621. The Morgan fingerprint density at radius 3 is 1.66 bits per heavy atom. The number of pyridine rings is 1. The minimum Gasteiger partial charge on any atom is -0.619 e. The van der Waals surface area contributed by atoms with Gasteiger partial charge in [0, 0.05) is 51.6 Å². The van der Waals surface area contributed by atoms with Crippen molar-refractivity contribution in [2.75, 3.05) is 13.6 Å². The van der Waals surface area contributed by atoms with Gasteiger partial charge in [0.15, 0.2) is 12.4 Å². The molecule has 0 spiro atoms. The van der Waals surface area contributed by atoms with Crippen molar-refractivity contribution >= 4 is 5.91 Å². The lowest BCUT2D eigenvalue weighted by Gasteiger charge is -2.03. The normalized spacial score (nSPS) is 10.9. The maximum atomic E-state index is 10.5. The molecular formula is C31H42N4O3. The first kappa shape index (κ1) is 33.6. The SMILES string of the molecule is C=C.CN1CCCC1=O.Cc1cc[n+]([O-])cc1.Cc1ccc(O)cc1.Cc1ccccc1.Cn1ccnc1. The first-order chi connectivity index (χ1) is 18.2. The molecule has 4 aromatic rings. The van der Waals surface area contributed by atoms with Gasteiger partial charge in [-0.3, -0.25) is 4.79 Å². The maximum Gasteiger partial charge on any atom is 0.222 e. The van der Waals surface area contributed by atoms with Crippen LogP contribution < -0.4 is 4.73 Å². The molecule has 3 heterocycles. The lowest BCUT2D eigenvalue weighted by molar-refractivity contribution is -0.605. The number of hydrogen-bond donors (Lipinski definition) is 1. The Morgan fingerprint density at radius 1 is 0.868 bits per heavy atom. The summed E-state index contributed by atoms with van der Waals surface area (Å²) in [6.45, 7) is 13.0. The second-order valence-electron chi connectivity index (χ2n) is 8.37. The molecule has 0 aliphatic carbocycles. The minimum atomic E-state index is 0.292. The van der Waals surface area contributed by atoms with Gasteiger partial charge in [-0.1, -0.05) is 53.6 Å². The third kappa shape index (κ3) is 18.0. The number of imidazole rings is 1. The highest BCUT2D eigenvalue weighted by atomic mass is 16.5. The van der Waals surface area contributed by atoms with Crippen molar-refractivity contribution in [3.8, 4) is 5.75 Å². The molecule has 0 radical (unpaired) electrons. The number of benzene rings is 2. The third-order valence-corrected chi connectivity index (χ3v) is 4.89. The molecule has 0 bridgehead atoms. The molecule has 2 aromatic heterocycles. The molecule has 38 heavy (non-hydrogen) atoms. The first-order valence-electron chi connectivity index (χ1n) is 12.3. The van der Waals surface area contributed by atoms with Gasteiger partial charge in [-0.2, -0.15) is 4.73 Å². The number of aryl methyl sites for hydroxylation is 4.